The van der Waals surface area contributed by atoms with Gasteiger partial charge in [-0.05, 0) is 43.9 Å². The summed E-state index contributed by atoms with van der Waals surface area (Å²) in [6, 6.07) is 5.68. The minimum absolute atomic E-state index is 0.170. The molecule has 2 saturated heterocycles. The fraction of sp³-hybridized carbons (Fsp3) is 0.579. The molecule has 0 aliphatic carbocycles. The van der Waals surface area contributed by atoms with Crippen molar-refractivity contribution in [2.75, 3.05) is 32.1 Å². The van der Waals surface area contributed by atoms with E-state index in [-0.39, 0.29) is 10.8 Å². The summed E-state index contributed by atoms with van der Waals surface area (Å²) in [7, 11) is -2.31. The van der Waals surface area contributed by atoms with Gasteiger partial charge >= 0.3 is 6.09 Å². The lowest BCUT2D eigenvalue weighted by Crippen LogP contribution is -2.43. The van der Waals surface area contributed by atoms with Crippen LogP contribution in [0.15, 0.2) is 29.2 Å². The Morgan fingerprint density at radius 3 is 2.46 bits per heavy atom. The third-order valence-electron chi connectivity index (χ3n) is 5.27. The summed E-state index contributed by atoms with van der Waals surface area (Å²) in [4.78, 5) is 26.0. The van der Waals surface area contributed by atoms with Crippen LogP contribution >= 0.6 is 0 Å². The minimum Gasteiger partial charge on any atom is -0.453 e. The molecule has 28 heavy (non-hydrogen) atoms. The van der Waals surface area contributed by atoms with Crippen molar-refractivity contribution in [1.82, 2.24) is 9.21 Å². The number of amides is 2. The highest BCUT2D eigenvalue weighted by Gasteiger charge is 2.35. The zero-order valence-corrected chi connectivity index (χ0v) is 16.9. The number of carbonyl (C=O) groups is 2. The van der Waals surface area contributed by atoms with Crippen LogP contribution in [0, 0.1) is 0 Å². The molecule has 154 valence electrons. The van der Waals surface area contributed by atoms with Gasteiger partial charge in [-0.25, -0.2) is 13.2 Å². The summed E-state index contributed by atoms with van der Waals surface area (Å²) in [5.41, 5.74) is 0.401. The molecular formula is C19H27N3O5S. The van der Waals surface area contributed by atoms with Gasteiger partial charge in [-0.15, -0.1) is 0 Å². The van der Waals surface area contributed by atoms with Crippen LogP contribution < -0.4 is 5.32 Å². The molecule has 1 aromatic rings. The fourth-order valence-electron chi connectivity index (χ4n) is 3.77. The SMILES string of the molecule is COC(=O)N1CCCC1C(=O)Nc1cccc(S(=O)(=O)N2CCCCCC2)c1. The molecule has 3 rings (SSSR count). The number of rotatable bonds is 4. The van der Waals surface area contributed by atoms with Gasteiger partial charge in [0.1, 0.15) is 6.04 Å². The average Bonchev–Trinajstić information content (AvgIpc) is 3.02. The predicted octanol–water partition coefficient (Wildman–Crippen LogP) is 2.42. The lowest BCUT2D eigenvalue weighted by Gasteiger charge is -2.23. The van der Waals surface area contributed by atoms with E-state index >= 15 is 0 Å². The van der Waals surface area contributed by atoms with Gasteiger partial charge in [-0.1, -0.05) is 18.9 Å². The van der Waals surface area contributed by atoms with Crippen LogP contribution in [0.25, 0.3) is 0 Å². The molecule has 8 nitrogen and oxygen atoms in total. The molecule has 9 heteroatoms. The molecule has 2 aliphatic heterocycles. The summed E-state index contributed by atoms with van der Waals surface area (Å²) in [6.07, 6.45) is 4.54. The van der Waals surface area contributed by atoms with Crippen molar-refractivity contribution < 1.29 is 22.7 Å². The number of ether oxygens (including phenoxy) is 1. The van der Waals surface area contributed by atoms with Crippen molar-refractivity contribution in [3.8, 4) is 0 Å². The van der Waals surface area contributed by atoms with Gasteiger partial charge < -0.3 is 10.1 Å². The van der Waals surface area contributed by atoms with E-state index in [1.54, 1.807) is 18.2 Å². The second-order valence-corrected chi connectivity index (χ2v) is 9.09. The molecule has 0 bridgehead atoms. The highest BCUT2D eigenvalue weighted by molar-refractivity contribution is 7.89. The Kier molecular flexibility index (Phi) is 6.56. The van der Waals surface area contributed by atoms with E-state index in [1.165, 1.54) is 22.4 Å². The third-order valence-corrected chi connectivity index (χ3v) is 7.16. The second kappa shape index (κ2) is 8.91. The molecule has 0 saturated carbocycles. The maximum absolute atomic E-state index is 13.0. The number of nitrogens with zero attached hydrogens (tertiary/aromatic N) is 2. The zero-order valence-electron chi connectivity index (χ0n) is 16.1. The van der Waals surface area contributed by atoms with E-state index in [1.807, 2.05) is 0 Å². The number of sulfonamides is 1. The first-order valence-electron chi connectivity index (χ1n) is 9.69. The number of nitrogens with one attached hydrogen (secondary N) is 1. The second-order valence-electron chi connectivity index (χ2n) is 7.16. The van der Waals surface area contributed by atoms with Crippen molar-refractivity contribution in [2.24, 2.45) is 0 Å². The maximum atomic E-state index is 13.0. The summed E-state index contributed by atoms with van der Waals surface area (Å²) < 4.78 is 32.2. The lowest BCUT2D eigenvalue weighted by molar-refractivity contribution is -0.119. The first-order chi connectivity index (χ1) is 13.4. The minimum atomic E-state index is -3.59. The van der Waals surface area contributed by atoms with Crippen LogP contribution in [-0.4, -0.2) is 62.4 Å². The number of benzene rings is 1. The van der Waals surface area contributed by atoms with Gasteiger partial charge in [0.05, 0.1) is 12.0 Å². The van der Waals surface area contributed by atoms with Crippen molar-refractivity contribution in [3.05, 3.63) is 24.3 Å². The first-order valence-corrected chi connectivity index (χ1v) is 11.1. The number of carbonyl (C=O) groups excluding carboxylic acids is 2. The molecule has 2 heterocycles. The molecule has 0 aromatic heterocycles. The summed E-state index contributed by atoms with van der Waals surface area (Å²) in [5.74, 6) is -0.341. The number of anilines is 1. The highest BCUT2D eigenvalue weighted by atomic mass is 32.2. The van der Waals surface area contributed by atoms with Gasteiger partial charge in [-0.3, -0.25) is 9.69 Å². The van der Waals surface area contributed by atoms with Crippen LogP contribution in [0.2, 0.25) is 0 Å². The van der Waals surface area contributed by atoms with Gasteiger partial charge in [-0.2, -0.15) is 4.31 Å². The van der Waals surface area contributed by atoms with E-state index in [4.69, 9.17) is 4.74 Å². The summed E-state index contributed by atoms with van der Waals surface area (Å²) in [6.45, 7) is 1.51. The highest BCUT2D eigenvalue weighted by Crippen LogP contribution is 2.24. The monoisotopic (exact) mass is 409 g/mol. The number of hydrogen-bond acceptors (Lipinski definition) is 5. The van der Waals surface area contributed by atoms with Crippen LogP contribution in [0.3, 0.4) is 0 Å². The Morgan fingerprint density at radius 2 is 1.79 bits per heavy atom. The largest absolute Gasteiger partial charge is 0.453 e. The lowest BCUT2D eigenvalue weighted by atomic mass is 10.2. The molecule has 2 amide bonds. The third kappa shape index (κ3) is 4.47. The Labute approximate surface area is 165 Å². The van der Waals surface area contributed by atoms with Crippen LogP contribution in [0.1, 0.15) is 38.5 Å². The van der Waals surface area contributed by atoms with Crippen LogP contribution in [0.4, 0.5) is 10.5 Å². The molecule has 1 unspecified atom stereocenters. The van der Waals surface area contributed by atoms with Crippen molar-refractivity contribution in [1.29, 1.82) is 0 Å². The molecule has 2 aliphatic rings. The molecule has 0 spiro atoms. The topological polar surface area (TPSA) is 96.0 Å². The molecular weight excluding hydrogens is 382 g/mol. The number of hydrogen-bond donors (Lipinski definition) is 1. The molecule has 1 atom stereocenters. The predicted molar refractivity (Wildman–Crippen MR) is 104 cm³/mol. The van der Waals surface area contributed by atoms with Crippen molar-refractivity contribution >= 4 is 27.7 Å². The van der Waals surface area contributed by atoms with Crippen LogP contribution in [0.5, 0.6) is 0 Å². The van der Waals surface area contributed by atoms with Gasteiger partial charge in [0.25, 0.3) is 0 Å². The smallest absolute Gasteiger partial charge is 0.410 e. The van der Waals surface area contributed by atoms with E-state index in [2.05, 4.69) is 5.32 Å². The molecule has 1 N–H and O–H groups in total. The fourth-order valence-corrected chi connectivity index (χ4v) is 5.33. The normalized spacial score (nSPS) is 21.2. The van der Waals surface area contributed by atoms with E-state index in [0.717, 1.165) is 32.1 Å². The van der Waals surface area contributed by atoms with Gasteiger partial charge in [0.2, 0.25) is 15.9 Å². The first kappa shape index (κ1) is 20.6. The van der Waals surface area contributed by atoms with Gasteiger partial charge in [0, 0.05) is 25.3 Å². The molecule has 2 fully saturated rings. The van der Waals surface area contributed by atoms with Gasteiger partial charge in [0.15, 0.2) is 0 Å². The van der Waals surface area contributed by atoms with E-state index < -0.39 is 22.2 Å². The van der Waals surface area contributed by atoms with Crippen molar-refractivity contribution in [2.45, 2.75) is 49.5 Å². The summed E-state index contributed by atoms with van der Waals surface area (Å²) >= 11 is 0. The van der Waals surface area contributed by atoms with E-state index in [9.17, 15) is 18.0 Å². The quantitative estimate of drug-likeness (QED) is 0.824. The number of methoxy groups -OCH3 is 1. The Bertz CT molecular complexity index is 819. The van der Waals surface area contributed by atoms with Crippen molar-refractivity contribution in [3.63, 3.8) is 0 Å². The Hall–Kier alpha value is -2.13. The standard InChI is InChI=1S/C19H27N3O5S/c1-27-19(24)22-13-7-10-17(22)18(23)20-15-8-6-9-16(14-15)28(25,26)21-11-4-2-3-5-12-21/h6,8-9,14,17H,2-5,7,10-13H2,1H3,(H,20,23). The van der Waals surface area contributed by atoms with E-state index in [0.29, 0.717) is 31.7 Å². The Morgan fingerprint density at radius 1 is 1.07 bits per heavy atom. The number of likely N-dealkylation sites (tertiary alicyclic amines) is 1. The van der Waals surface area contributed by atoms with Crippen LogP contribution in [-0.2, 0) is 19.6 Å². The molecule has 0 radical (unpaired) electrons. The Balaban J connectivity index is 1.74. The zero-order chi connectivity index (χ0) is 20.1. The summed E-state index contributed by atoms with van der Waals surface area (Å²) in [5, 5.41) is 2.75. The average molecular weight is 410 g/mol. The maximum Gasteiger partial charge on any atom is 0.410 e. The molecule has 1 aromatic carbocycles.